The minimum Gasteiger partial charge on any atom is -0.355 e. The van der Waals surface area contributed by atoms with Crippen LogP contribution in [0.15, 0.2) is 48.5 Å². The van der Waals surface area contributed by atoms with Crippen LogP contribution in [0.1, 0.15) is 37.5 Å². The van der Waals surface area contributed by atoms with Gasteiger partial charge in [-0.3, -0.25) is 13.9 Å². The zero-order valence-electron chi connectivity index (χ0n) is 19.5. The van der Waals surface area contributed by atoms with Gasteiger partial charge >= 0.3 is 0 Å². The summed E-state index contributed by atoms with van der Waals surface area (Å²) in [5.74, 6) is -0.732. The molecule has 0 saturated heterocycles. The molecule has 0 bridgehead atoms. The molecular formula is C24H33N3O4S. The van der Waals surface area contributed by atoms with Gasteiger partial charge < -0.3 is 10.2 Å². The lowest BCUT2D eigenvalue weighted by molar-refractivity contribution is -0.139. The maximum Gasteiger partial charge on any atom is 0.244 e. The van der Waals surface area contributed by atoms with Crippen LogP contribution in [-0.4, -0.2) is 50.5 Å². The van der Waals surface area contributed by atoms with Crippen molar-refractivity contribution in [1.82, 2.24) is 10.2 Å². The fraction of sp³-hybridized carbons (Fsp3) is 0.417. The summed E-state index contributed by atoms with van der Waals surface area (Å²) in [5.41, 5.74) is 3.37. The number of amides is 2. The highest BCUT2D eigenvalue weighted by Crippen LogP contribution is 2.20. The van der Waals surface area contributed by atoms with Gasteiger partial charge in [0.2, 0.25) is 21.8 Å². The first-order valence-electron chi connectivity index (χ1n) is 10.8. The number of benzene rings is 2. The third-order valence-electron chi connectivity index (χ3n) is 5.43. The molecule has 8 heteroatoms. The molecule has 0 aliphatic heterocycles. The Morgan fingerprint density at radius 3 is 2.19 bits per heavy atom. The van der Waals surface area contributed by atoms with Crippen molar-refractivity contribution in [2.45, 2.75) is 46.7 Å². The summed E-state index contributed by atoms with van der Waals surface area (Å²) in [4.78, 5) is 27.4. The standard InChI is InChI=1S/C24H33N3O4S/c1-6-20-12-14-22(15-13-20)27(32(5,30)31)17-23(28)26(19(4)24(29)25-7-2)16-21-11-9-8-10-18(21)3/h8-15,19H,6-7,16-17H2,1-5H3,(H,25,29)/t19-/m1/s1. The highest BCUT2D eigenvalue weighted by atomic mass is 32.2. The number of hydrogen-bond acceptors (Lipinski definition) is 4. The minimum atomic E-state index is -3.72. The summed E-state index contributed by atoms with van der Waals surface area (Å²) in [7, 11) is -3.72. The van der Waals surface area contributed by atoms with E-state index in [0.717, 1.165) is 33.7 Å². The molecule has 0 saturated carbocycles. The Labute approximate surface area is 191 Å². The fourth-order valence-electron chi connectivity index (χ4n) is 3.39. The van der Waals surface area contributed by atoms with Gasteiger partial charge in [-0.05, 0) is 56.0 Å². The molecule has 32 heavy (non-hydrogen) atoms. The lowest BCUT2D eigenvalue weighted by Gasteiger charge is -2.31. The van der Waals surface area contributed by atoms with Crippen LogP contribution in [0.3, 0.4) is 0 Å². The molecule has 0 fully saturated rings. The Morgan fingerprint density at radius 2 is 1.66 bits per heavy atom. The monoisotopic (exact) mass is 459 g/mol. The molecule has 2 aromatic rings. The van der Waals surface area contributed by atoms with Crippen LogP contribution in [-0.2, 0) is 32.6 Å². The van der Waals surface area contributed by atoms with Gasteiger partial charge in [-0.25, -0.2) is 8.42 Å². The third-order valence-corrected chi connectivity index (χ3v) is 6.57. The first-order valence-corrected chi connectivity index (χ1v) is 12.6. The highest BCUT2D eigenvalue weighted by molar-refractivity contribution is 7.92. The smallest absolute Gasteiger partial charge is 0.244 e. The average Bonchev–Trinajstić information content (AvgIpc) is 2.75. The van der Waals surface area contributed by atoms with Crippen LogP contribution in [0.4, 0.5) is 5.69 Å². The van der Waals surface area contributed by atoms with Crippen molar-refractivity contribution in [3.05, 3.63) is 65.2 Å². The number of rotatable bonds is 10. The van der Waals surface area contributed by atoms with E-state index in [1.807, 2.05) is 57.2 Å². The quantitative estimate of drug-likeness (QED) is 0.592. The van der Waals surface area contributed by atoms with E-state index in [4.69, 9.17) is 0 Å². The summed E-state index contributed by atoms with van der Waals surface area (Å²) in [6.45, 7) is 7.67. The van der Waals surface area contributed by atoms with Gasteiger partial charge in [0, 0.05) is 13.1 Å². The van der Waals surface area contributed by atoms with E-state index in [9.17, 15) is 18.0 Å². The molecule has 2 amide bonds. The van der Waals surface area contributed by atoms with E-state index in [-0.39, 0.29) is 19.0 Å². The molecule has 0 aliphatic rings. The molecular weight excluding hydrogens is 426 g/mol. The van der Waals surface area contributed by atoms with Crippen LogP contribution < -0.4 is 9.62 Å². The lowest BCUT2D eigenvalue weighted by Crippen LogP contribution is -2.51. The summed E-state index contributed by atoms with van der Waals surface area (Å²) >= 11 is 0. The maximum absolute atomic E-state index is 13.4. The number of likely N-dealkylation sites (N-methyl/N-ethyl adjacent to an activating group) is 1. The van der Waals surface area contributed by atoms with Crippen molar-refractivity contribution in [2.75, 3.05) is 23.7 Å². The van der Waals surface area contributed by atoms with Crippen molar-refractivity contribution in [2.24, 2.45) is 0 Å². The topological polar surface area (TPSA) is 86.8 Å². The molecule has 2 aromatic carbocycles. The number of nitrogens with zero attached hydrogens (tertiary/aromatic N) is 2. The molecule has 0 spiro atoms. The van der Waals surface area contributed by atoms with E-state index in [2.05, 4.69) is 5.32 Å². The number of anilines is 1. The predicted octanol–water partition coefficient (Wildman–Crippen LogP) is 2.88. The van der Waals surface area contributed by atoms with Crippen molar-refractivity contribution < 1.29 is 18.0 Å². The molecule has 0 radical (unpaired) electrons. The maximum atomic E-state index is 13.4. The Hall–Kier alpha value is -2.87. The first kappa shape index (κ1) is 25.4. The van der Waals surface area contributed by atoms with Gasteiger partial charge in [0.25, 0.3) is 0 Å². The van der Waals surface area contributed by atoms with E-state index >= 15 is 0 Å². The van der Waals surface area contributed by atoms with Crippen LogP contribution in [0.2, 0.25) is 0 Å². The molecule has 0 aromatic heterocycles. The largest absolute Gasteiger partial charge is 0.355 e. The Balaban J connectivity index is 2.38. The van der Waals surface area contributed by atoms with Crippen LogP contribution in [0.25, 0.3) is 0 Å². The van der Waals surface area contributed by atoms with Crippen LogP contribution in [0, 0.1) is 6.92 Å². The van der Waals surface area contributed by atoms with Crippen molar-refractivity contribution in [3.8, 4) is 0 Å². The van der Waals surface area contributed by atoms with Crippen molar-refractivity contribution in [1.29, 1.82) is 0 Å². The van der Waals surface area contributed by atoms with E-state index < -0.39 is 22.0 Å². The van der Waals surface area contributed by atoms with Crippen molar-refractivity contribution in [3.63, 3.8) is 0 Å². The molecule has 0 heterocycles. The van der Waals surface area contributed by atoms with Crippen LogP contribution >= 0.6 is 0 Å². The minimum absolute atomic E-state index is 0.205. The molecule has 0 aliphatic carbocycles. The Kier molecular flexibility index (Phi) is 8.83. The van der Waals surface area contributed by atoms with Gasteiger partial charge in [-0.15, -0.1) is 0 Å². The number of hydrogen-bond donors (Lipinski definition) is 1. The van der Waals surface area contributed by atoms with Crippen molar-refractivity contribution >= 4 is 27.5 Å². The molecule has 2 rings (SSSR count). The zero-order valence-corrected chi connectivity index (χ0v) is 20.3. The second kappa shape index (κ2) is 11.1. The molecule has 0 unspecified atom stereocenters. The first-order chi connectivity index (χ1) is 15.1. The number of sulfonamides is 1. The van der Waals surface area contributed by atoms with E-state index in [1.54, 1.807) is 19.1 Å². The fourth-order valence-corrected chi connectivity index (χ4v) is 4.24. The normalized spacial score (nSPS) is 12.2. The average molecular weight is 460 g/mol. The van der Waals surface area contributed by atoms with Gasteiger partial charge in [-0.2, -0.15) is 0 Å². The number of nitrogens with one attached hydrogen (secondary N) is 1. The predicted molar refractivity (Wildman–Crippen MR) is 128 cm³/mol. The third kappa shape index (κ3) is 6.56. The van der Waals surface area contributed by atoms with Gasteiger partial charge in [0.1, 0.15) is 12.6 Å². The summed E-state index contributed by atoms with van der Waals surface area (Å²) in [6.07, 6.45) is 1.90. The van der Waals surface area contributed by atoms with Gasteiger partial charge in [0.05, 0.1) is 11.9 Å². The lowest BCUT2D eigenvalue weighted by atomic mass is 10.1. The zero-order chi connectivity index (χ0) is 23.9. The summed E-state index contributed by atoms with van der Waals surface area (Å²) < 4.78 is 26.2. The molecule has 1 atom stereocenters. The molecule has 1 N–H and O–H groups in total. The SMILES string of the molecule is CCNC(=O)[C@@H](C)N(Cc1ccccc1C)C(=O)CN(c1ccc(CC)cc1)S(C)(=O)=O. The van der Waals surface area contributed by atoms with Gasteiger partial charge in [-0.1, -0.05) is 43.3 Å². The number of aryl methyl sites for hydroxylation is 2. The highest BCUT2D eigenvalue weighted by Gasteiger charge is 2.30. The number of carbonyl (C=O) groups is 2. The Bertz CT molecular complexity index is 1040. The Morgan fingerprint density at radius 1 is 1.03 bits per heavy atom. The van der Waals surface area contributed by atoms with Crippen LogP contribution in [0.5, 0.6) is 0 Å². The van der Waals surface area contributed by atoms with Gasteiger partial charge in [0.15, 0.2) is 0 Å². The summed E-state index contributed by atoms with van der Waals surface area (Å²) in [5, 5.41) is 2.74. The second-order valence-corrected chi connectivity index (χ2v) is 9.72. The van der Waals surface area contributed by atoms with E-state index in [1.165, 1.54) is 4.90 Å². The van der Waals surface area contributed by atoms with E-state index in [0.29, 0.717) is 12.2 Å². The summed E-state index contributed by atoms with van der Waals surface area (Å²) in [6, 6.07) is 14.0. The molecule has 7 nitrogen and oxygen atoms in total. The molecule has 174 valence electrons. The number of carbonyl (C=O) groups excluding carboxylic acids is 2. The second-order valence-electron chi connectivity index (χ2n) is 7.81.